The fourth-order valence-corrected chi connectivity index (χ4v) is 1.72. The molecule has 0 fully saturated rings. The van der Waals surface area contributed by atoms with Gasteiger partial charge in [-0.25, -0.2) is 0 Å². The van der Waals surface area contributed by atoms with Gasteiger partial charge in [0, 0.05) is 12.1 Å². The minimum absolute atomic E-state index is 0.247. The fourth-order valence-electron chi connectivity index (χ4n) is 1.29. The molecule has 0 rings (SSSR count). The Morgan fingerprint density at radius 2 is 1.64 bits per heavy atom. The lowest BCUT2D eigenvalue weighted by atomic mass is 9.87. The van der Waals surface area contributed by atoms with Crippen molar-refractivity contribution in [1.29, 1.82) is 0 Å². The summed E-state index contributed by atoms with van der Waals surface area (Å²) in [6.07, 6.45) is 4.83. The van der Waals surface area contributed by atoms with E-state index in [2.05, 4.69) is 46.2 Å². The van der Waals surface area contributed by atoms with E-state index in [4.69, 9.17) is 0 Å². The van der Waals surface area contributed by atoms with Crippen molar-refractivity contribution in [3.8, 4) is 0 Å². The summed E-state index contributed by atoms with van der Waals surface area (Å²) in [5.41, 5.74) is 0.680. The van der Waals surface area contributed by atoms with E-state index in [-0.39, 0.29) is 5.54 Å². The first-order valence-electron chi connectivity index (χ1n) is 5.51. The summed E-state index contributed by atoms with van der Waals surface area (Å²) < 4.78 is 0. The van der Waals surface area contributed by atoms with Gasteiger partial charge in [0.2, 0.25) is 0 Å². The molecule has 14 heavy (non-hydrogen) atoms. The predicted molar refractivity (Wildman–Crippen MR) is 69.2 cm³/mol. The van der Waals surface area contributed by atoms with Crippen LogP contribution in [-0.2, 0) is 0 Å². The highest BCUT2D eigenvalue weighted by Crippen LogP contribution is 2.23. The third-order valence-electron chi connectivity index (χ3n) is 2.30. The largest absolute Gasteiger partial charge is 0.312 e. The Morgan fingerprint density at radius 3 is 2.07 bits per heavy atom. The lowest BCUT2D eigenvalue weighted by molar-refractivity contribution is 0.272. The van der Waals surface area contributed by atoms with Gasteiger partial charge in [-0.2, -0.15) is 11.8 Å². The lowest BCUT2D eigenvalue weighted by Crippen LogP contribution is -2.41. The smallest absolute Gasteiger partial charge is 0.00967 e. The maximum atomic E-state index is 3.58. The summed E-state index contributed by atoms with van der Waals surface area (Å²) in [6, 6.07) is 0. The van der Waals surface area contributed by atoms with Crippen molar-refractivity contribution < 1.29 is 0 Å². The molecule has 1 nitrogen and oxygen atoms in total. The van der Waals surface area contributed by atoms with Crippen LogP contribution >= 0.6 is 11.8 Å². The molecule has 0 amide bonds. The highest BCUT2D eigenvalue weighted by atomic mass is 32.2. The zero-order chi connectivity index (χ0) is 11.2. The van der Waals surface area contributed by atoms with Gasteiger partial charge >= 0.3 is 0 Å². The number of nitrogens with one attached hydrogen (secondary N) is 1. The Balaban J connectivity index is 3.72. The Labute approximate surface area is 94.4 Å². The molecule has 0 aromatic heterocycles. The van der Waals surface area contributed by atoms with Gasteiger partial charge in [-0.3, -0.25) is 0 Å². The number of hydrogen-bond acceptors (Lipinski definition) is 2. The average Bonchev–Trinajstić information content (AvgIpc) is 2.00. The summed E-state index contributed by atoms with van der Waals surface area (Å²) in [5, 5.41) is 3.58. The predicted octanol–water partition coefficient (Wildman–Crippen LogP) is 3.54. The average molecular weight is 217 g/mol. The molecule has 0 aliphatic rings. The van der Waals surface area contributed by atoms with Crippen molar-refractivity contribution in [3.05, 3.63) is 0 Å². The van der Waals surface area contributed by atoms with E-state index in [1.807, 2.05) is 11.8 Å². The topological polar surface area (TPSA) is 12.0 Å². The first kappa shape index (κ1) is 14.3. The third kappa shape index (κ3) is 8.89. The Bertz CT molecular complexity index is 147. The van der Waals surface area contributed by atoms with E-state index in [0.717, 1.165) is 6.54 Å². The Hall–Kier alpha value is 0.310. The third-order valence-corrected chi connectivity index (χ3v) is 3.00. The number of hydrogen-bond donors (Lipinski definition) is 1. The van der Waals surface area contributed by atoms with Gasteiger partial charge in [0.1, 0.15) is 0 Å². The van der Waals surface area contributed by atoms with E-state index >= 15 is 0 Å². The maximum Gasteiger partial charge on any atom is 0.00967 e. The van der Waals surface area contributed by atoms with Gasteiger partial charge in [-0.05, 0) is 51.0 Å². The van der Waals surface area contributed by atoms with Gasteiger partial charge in [0.25, 0.3) is 0 Å². The van der Waals surface area contributed by atoms with Crippen molar-refractivity contribution in [2.45, 2.75) is 53.0 Å². The van der Waals surface area contributed by atoms with Crippen molar-refractivity contribution >= 4 is 11.8 Å². The van der Waals surface area contributed by atoms with Gasteiger partial charge in [-0.15, -0.1) is 0 Å². The van der Waals surface area contributed by atoms with Gasteiger partial charge < -0.3 is 5.32 Å². The number of thioether (sulfide) groups is 1. The highest BCUT2D eigenvalue weighted by Gasteiger charge is 2.20. The quantitative estimate of drug-likeness (QED) is 0.683. The molecule has 86 valence electrons. The second-order valence-corrected chi connectivity index (χ2v) is 6.85. The molecule has 0 atom stereocenters. The van der Waals surface area contributed by atoms with Crippen LogP contribution in [0.25, 0.3) is 0 Å². The molecule has 0 spiro atoms. The summed E-state index contributed by atoms with van der Waals surface area (Å²) in [4.78, 5) is 0. The van der Waals surface area contributed by atoms with Gasteiger partial charge in [-0.1, -0.05) is 13.8 Å². The summed E-state index contributed by atoms with van der Waals surface area (Å²) in [5.74, 6) is 1.29. The van der Waals surface area contributed by atoms with Crippen LogP contribution in [0.1, 0.15) is 47.5 Å². The molecule has 0 bridgehead atoms. The van der Waals surface area contributed by atoms with Gasteiger partial charge in [0.15, 0.2) is 0 Å². The molecule has 2 heteroatoms. The molecule has 0 radical (unpaired) electrons. The first-order chi connectivity index (χ1) is 6.27. The fraction of sp³-hybridized carbons (Fsp3) is 1.00. The standard InChI is InChI=1S/C12H27NS/c1-11(2,3)13-10-12(4,5)8-7-9-14-6/h13H,7-10H2,1-6H3. The van der Waals surface area contributed by atoms with Crippen LogP contribution < -0.4 is 5.32 Å². The maximum absolute atomic E-state index is 3.58. The van der Waals surface area contributed by atoms with E-state index in [0.29, 0.717) is 5.41 Å². The summed E-state index contributed by atoms with van der Waals surface area (Å²) in [7, 11) is 0. The molecular weight excluding hydrogens is 190 g/mol. The molecule has 0 heterocycles. The minimum atomic E-state index is 0.247. The molecule has 1 N–H and O–H groups in total. The van der Waals surface area contributed by atoms with Crippen LogP contribution in [-0.4, -0.2) is 24.1 Å². The zero-order valence-electron chi connectivity index (χ0n) is 10.7. The molecule has 0 saturated carbocycles. The molecule has 0 saturated heterocycles. The van der Waals surface area contributed by atoms with E-state index < -0.39 is 0 Å². The lowest BCUT2D eigenvalue weighted by Gasteiger charge is -2.30. The second kappa shape index (κ2) is 6.02. The molecule has 0 aromatic rings. The molecular formula is C12H27NS. The summed E-state index contributed by atoms with van der Waals surface area (Å²) >= 11 is 1.95. The van der Waals surface area contributed by atoms with Gasteiger partial charge in [0.05, 0.1) is 0 Å². The van der Waals surface area contributed by atoms with Crippen LogP contribution in [0, 0.1) is 5.41 Å². The van der Waals surface area contributed by atoms with Crippen molar-refractivity contribution in [2.24, 2.45) is 5.41 Å². The van der Waals surface area contributed by atoms with Crippen molar-refractivity contribution in [3.63, 3.8) is 0 Å². The Kier molecular flexibility index (Phi) is 6.15. The zero-order valence-corrected chi connectivity index (χ0v) is 11.6. The van der Waals surface area contributed by atoms with Crippen molar-refractivity contribution in [1.82, 2.24) is 5.32 Å². The van der Waals surface area contributed by atoms with Crippen LogP contribution in [0.2, 0.25) is 0 Å². The first-order valence-corrected chi connectivity index (χ1v) is 6.90. The normalized spacial score (nSPS) is 13.3. The molecule has 0 unspecified atom stereocenters. The molecule has 0 aromatic carbocycles. The van der Waals surface area contributed by atoms with Crippen molar-refractivity contribution in [2.75, 3.05) is 18.6 Å². The molecule has 0 aliphatic carbocycles. The second-order valence-electron chi connectivity index (χ2n) is 5.86. The monoisotopic (exact) mass is 217 g/mol. The van der Waals surface area contributed by atoms with E-state index in [1.165, 1.54) is 18.6 Å². The minimum Gasteiger partial charge on any atom is -0.312 e. The highest BCUT2D eigenvalue weighted by molar-refractivity contribution is 7.98. The van der Waals surface area contributed by atoms with Crippen LogP contribution in [0.5, 0.6) is 0 Å². The van der Waals surface area contributed by atoms with E-state index in [1.54, 1.807) is 0 Å². The van der Waals surface area contributed by atoms with Crippen LogP contribution in [0.3, 0.4) is 0 Å². The molecule has 0 aliphatic heterocycles. The van der Waals surface area contributed by atoms with Crippen LogP contribution in [0.15, 0.2) is 0 Å². The SMILES string of the molecule is CSCCCC(C)(C)CNC(C)(C)C. The summed E-state index contributed by atoms with van der Waals surface area (Å²) in [6.45, 7) is 12.5. The number of rotatable bonds is 6. The Morgan fingerprint density at radius 1 is 1.07 bits per heavy atom. The van der Waals surface area contributed by atoms with Crippen LogP contribution in [0.4, 0.5) is 0 Å². The van der Waals surface area contributed by atoms with E-state index in [9.17, 15) is 0 Å².